The molecule has 2 aliphatic rings. The lowest BCUT2D eigenvalue weighted by molar-refractivity contribution is 0.0999. The molecule has 1 fully saturated rings. The van der Waals surface area contributed by atoms with Crippen molar-refractivity contribution in [2.75, 3.05) is 32.1 Å². The van der Waals surface area contributed by atoms with E-state index < -0.39 is 10.0 Å². The van der Waals surface area contributed by atoms with Gasteiger partial charge in [-0.25, -0.2) is 8.42 Å². The van der Waals surface area contributed by atoms with Crippen LogP contribution in [0.5, 0.6) is 0 Å². The maximum absolute atomic E-state index is 13.3. The maximum Gasteiger partial charge on any atom is 0.258 e. The van der Waals surface area contributed by atoms with E-state index in [-0.39, 0.29) is 16.8 Å². The fourth-order valence-corrected chi connectivity index (χ4v) is 5.46. The van der Waals surface area contributed by atoms with E-state index in [1.165, 1.54) is 4.31 Å². The minimum absolute atomic E-state index is 0.00130. The Morgan fingerprint density at radius 3 is 2.60 bits per heavy atom. The number of carbonyl (C=O) groups excluding carboxylic acids is 1. The predicted molar refractivity (Wildman–Crippen MR) is 97.5 cm³/mol. The number of benzene rings is 2. The van der Waals surface area contributed by atoms with Crippen LogP contribution in [0.1, 0.15) is 23.2 Å². The van der Waals surface area contributed by atoms with Crippen molar-refractivity contribution in [3.63, 3.8) is 0 Å². The molecule has 0 atom stereocenters. The minimum Gasteiger partial charge on any atom is -0.317 e. The highest BCUT2D eigenvalue weighted by atomic mass is 32.2. The van der Waals surface area contributed by atoms with Crippen molar-refractivity contribution in [3.8, 4) is 0 Å². The van der Waals surface area contributed by atoms with E-state index in [4.69, 9.17) is 0 Å². The molecule has 0 aliphatic carbocycles. The molecule has 7 heteroatoms. The average molecular weight is 359 g/mol. The van der Waals surface area contributed by atoms with Gasteiger partial charge in [-0.1, -0.05) is 12.1 Å². The largest absolute Gasteiger partial charge is 0.317 e. The van der Waals surface area contributed by atoms with Gasteiger partial charge in [0.25, 0.3) is 5.91 Å². The number of hydrogen-bond donors (Lipinski definition) is 1. The Labute approximate surface area is 147 Å². The molecule has 6 nitrogen and oxygen atoms in total. The van der Waals surface area contributed by atoms with Gasteiger partial charge in [0.15, 0.2) is 0 Å². The minimum atomic E-state index is -3.63. The molecular weight excluding hydrogens is 338 g/mol. The van der Waals surface area contributed by atoms with Crippen LogP contribution in [0, 0.1) is 0 Å². The van der Waals surface area contributed by atoms with Gasteiger partial charge in [0.1, 0.15) is 0 Å². The highest BCUT2D eigenvalue weighted by Crippen LogP contribution is 2.40. The molecule has 0 radical (unpaired) electrons. The Morgan fingerprint density at radius 2 is 1.88 bits per heavy atom. The van der Waals surface area contributed by atoms with Crippen LogP contribution in [-0.2, 0) is 10.0 Å². The maximum atomic E-state index is 13.3. The Balaban J connectivity index is 1.86. The molecule has 0 unspecified atom stereocenters. The SMILES string of the molecule is CN1C(=O)c2cccc3c(S(=O)(=O)N(C)C4CCNCC4)ccc1c23. The van der Waals surface area contributed by atoms with Gasteiger partial charge in [0.2, 0.25) is 10.0 Å². The molecule has 4 rings (SSSR count). The van der Waals surface area contributed by atoms with E-state index in [1.54, 1.807) is 49.3 Å². The molecule has 0 spiro atoms. The van der Waals surface area contributed by atoms with Crippen molar-refractivity contribution in [1.82, 2.24) is 9.62 Å². The van der Waals surface area contributed by atoms with Gasteiger partial charge in [-0.05, 0) is 44.1 Å². The van der Waals surface area contributed by atoms with E-state index in [2.05, 4.69) is 5.32 Å². The molecule has 1 N–H and O–H groups in total. The van der Waals surface area contributed by atoms with Crippen molar-refractivity contribution < 1.29 is 13.2 Å². The van der Waals surface area contributed by atoms with Crippen LogP contribution < -0.4 is 10.2 Å². The quantitative estimate of drug-likeness (QED) is 0.907. The van der Waals surface area contributed by atoms with Crippen molar-refractivity contribution in [3.05, 3.63) is 35.9 Å². The number of sulfonamides is 1. The van der Waals surface area contributed by atoms with Crippen molar-refractivity contribution in [1.29, 1.82) is 0 Å². The lowest BCUT2D eigenvalue weighted by atomic mass is 10.1. The Morgan fingerprint density at radius 1 is 1.16 bits per heavy atom. The zero-order valence-electron chi connectivity index (χ0n) is 14.3. The number of nitrogens with one attached hydrogen (secondary N) is 1. The lowest BCUT2D eigenvalue weighted by Crippen LogP contribution is -2.43. The highest BCUT2D eigenvalue weighted by Gasteiger charge is 2.33. The van der Waals surface area contributed by atoms with Gasteiger partial charge < -0.3 is 10.2 Å². The predicted octanol–water partition coefficient (Wildman–Crippen LogP) is 1.80. The Hall–Kier alpha value is -1.96. The molecule has 2 aromatic rings. The number of rotatable bonds is 3. The van der Waals surface area contributed by atoms with E-state index in [0.29, 0.717) is 10.9 Å². The first kappa shape index (κ1) is 16.5. The molecule has 25 heavy (non-hydrogen) atoms. The average Bonchev–Trinajstić information content (AvgIpc) is 2.89. The molecular formula is C18H21N3O3S. The molecule has 0 bridgehead atoms. The molecule has 2 heterocycles. The highest BCUT2D eigenvalue weighted by molar-refractivity contribution is 7.89. The van der Waals surface area contributed by atoms with Crippen LogP contribution >= 0.6 is 0 Å². The van der Waals surface area contributed by atoms with Crippen LogP contribution in [0.2, 0.25) is 0 Å². The summed E-state index contributed by atoms with van der Waals surface area (Å²) in [6.45, 7) is 1.65. The zero-order valence-corrected chi connectivity index (χ0v) is 15.1. The summed E-state index contributed by atoms with van der Waals surface area (Å²) in [7, 11) is -0.257. The Kier molecular flexibility index (Phi) is 3.82. The molecule has 132 valence electrons. The van der Waals surface area contributed by atoms with Crippen LogP contribution in [0.25, 0.3) is 10.8 Å². The van der Waals surface area contributed by atoms with Gasteiger partial charge in [-0.15, -0.1) is 0 Å². The molecule has 2 aromatic carbocycles. The third-order valence-corrected chi connectivity index (χ3v) is 7.32. The van der Waals surface area contributed by atoms with Crippen LogP contribution in [0.15, 0.2) is 35.2 Å². The summed E-state index contributed by atoms with van der Waals surface area (Å²) in [5.41, 5.74) is 1.33. The number of carbonyl (C=O) groups is 1. The van der Waals surface area contributed by atoms with Gasteiger partial charge in [0.05, 0.1) is 10.6 Å². The third kappa shape index (κ3) is 2.38. The first-order valence-electron chi connectivity index (χ1n) is 8.45. The molecule has 1 amide bonds. The fourth-order valence-electron chi connectivity index (χ4n) is 3.86. The summed E-state index contributed by atoms with van der Waals surface area (Å²) in [4.78, 5) is 14.2. The van der Waals surface area contributed by atoms with Crippen LogP contribution in [-0.4, -0.2) is 51.9 Å². The van der Waals surface area contributed by atoms with Gasteiger partial charge in [-0.2, -0.15) is 4.31 Å². The summed E-state index contributed by atoms with van der Waals surface area (Å²) < 4.78 is 28.0. The summed E-state index contributed by atoms with van der Waals surface area (Å²) in [5.74, 6) is -0.0955. The van der Waals surface area contributed by atoms with Crippen LogP contribution in [0.3, 0.4) is 0 Å². The normalized spacial score (nSPS) is 18.5. The lowest BCUT2D eigenvalue weighted by Gasteiger charge is -2.31. The number of piperidine rings is 1. The van der Waals surface area contributed by atoms with Crippen molar-refractivity contribution in [2.45, 2.75) is 23.8 Å². The van der Waals surface area contributed by atoms with Gasteiger partial charge in [0, 0.05) is 36.5 Å². The number of amides is 1. The fraction of sp³-hybridized carbons (Fsp3) is 0.389. The van der Waals surface area contributed by atoms with Crippen LogP contribution in [0.4, 0.5) is 5.69 Å². The first-order valence-corrected chi connectivity index (χ1v) is 9.89. The topological polar surface area (TPSA) is 69.7 Å². The molecule has 2 aliphatic heterocycles. The monoisotopic (exact) mass is 359 g/mol. The number of anilines is 1. The standard InChI is InChI=1S/C18H21N3O3S/c1-20-15-6-7-16(13-4-3-5-14(17(13)15)18(20)22)25(23,24)21(2)12-8-10-19-11-9-12/h3-7,12,19H,8-11H2,1-2H3. The van der Waals surface area contributed by atoms with E-state index in [1.807, 2.05) is 0 Å². The van der Waals surface area contributed by atoms with E-state index >= 15 is 0 Å². The van der Waals surface area contributed by atoms with E-state index in [9.17, 15) is 13.2 Å². The van der Waals surface area contributed by atoms with Crippen molar-refractivity contribution >= 4 is 32.4 Å². The summed E-state index contributed by atoms with van der Waals surface area (Å²) >= 11 is 0. The summed E-state index contributed by atoms with van der Waals surface area (Å²) in [5, 5.41) is 4.61. The summed E-state index contributed by atoms with van der Waals surface area (Å²) in [6.07, 6.45) is 1.61. The second kappa shape index (κ2) is 5.79. The number of nitrogens with zero attached hydrogens (tertiary/aromatic N) is 2. The molecule has 0 saturated carbocycles. The second-order valence-corrected chi connectivity index (χ2v) is 8.64. The summed E-state index contributed by atoms with van der Waals surface area (Å²) in [6, 6.07) is 8.66. The van der Waals surface area contributed by atoms with E-state index in [0.717, 1.165) is 37.0 Å². The Bertz CT molecular complexity index is 965. The number of hydrogen-bond acceptors (Lipinski definition) is 4. The van der Waals surface area contributed by atoms with Gasteiger partial charge in [-0.3, -0.25) is 4.79 Å². The second-order valence-electron chi connectivity index (χ2n) is 6.68. The first-order chi connectivity index (χ1) is 11.9. The smallest absolute Gasteiger partial charge is 0.258 e. The third-order valence-electron chi connectivity index (χ3n) is 5.35. The van der Waals surface area contributed by atoms with Gasteiger partial charge >= 0.3 is 0 Å². The molecule has 0 aromatic heterocycles. The zero-order chi connectivity index (χ0) is 17.8. The molecule has 1 saturated heterocycles. The van der Waals surface area contributed by atoms with Crippen molar-refractivity contribution in [2.24, 2.45) is 0 Å².